The van der Waals surface area contributed by atoms with Crippen molar-refractivity contribution in [3.05, 3.63) is 28.3 Å². The topological polar surface area (TPSA) is 75.6 Å². The number of aliphatic hydroxyl groups excluding tert-OH is 1. The monoisotopic (exact) mass is 343 g/mol. The number of sulfonamides is 1. The number of rotatable bonds is 8. The highest BCUT2D eigenvalue weighted by atomic mass is 35.5. The highest BCUT2D eigenvalue weighted by Crippen LogP contribution is 2.24. The molecule has 0 unspecified atom stereocenters. The van der Waals surface area contributed by atoms with Gasteiger partial charge < -0.3 is 9.84 Å². The minimum absolute atomic E-state index is 0.0621. The first kappa shape index (κ1) is 18.2. The maximum atomic E-state index is 12.1. The molecule has 0 aliphatic rings. The van der Waals surface area contributed by atoms with E-state index in [-0.39, 0.29) is 29.7 Å². The maximum Gasteiger partial charge on any atom is 0.261 e. The van der Waals surface area contributed by atoms with Crippen LogP contribution in [0.1, 0.15) is 11.1 Å². The van der Waals surface area contributed by atoms with Gasteiger partial charge in [-0.1, -0.05) is 11.6 Å². The Balaban J connectivity index is 2.77. The molecule has 0 aliphatic carbocycles. The van der Waals surface area contributed by atoms with Gasteiger partial charge >= 0.3 is 0 Å². The van der Waals surface area contributed by atoms with Crippen LogP contribution in [0.3, 0.4) is 0 Å². The molecule has 9 heteroatoms. The molecule has 0 heterocycles. The quantitative estimate of drug-likeness (QED) is 0.704. The largest absolute Gasteiger partial charge is 0.392 e. The fraction of sp³-hybridized carbons (Fsp3) is 0.500. The van der Waals surface area contributed by atoms with Crippen LogP contribution < -0.4 is 4.72 Å². The van der Waals surface area contributed by atoms with E-state index in [4.69, 9.17) is 16.7 Å². The number of hydrogen-bond acceptors (Lipinski definition) is 4. The normalized spacial score (nSPS) is 12.1. The molecule has 0 amide bonds. The van der Waals surface area contributed by atoms with E-state index in [1.165, 1.54) is 12.1 Å². The van der Waals surface area contributed by atoms with Crippen LogP contribution in [-0.2, 0) is 21.4 Å². The van der Waals surface area contributed by atoms with Gasteiger partial charge in [-0.2, -0.15) is 0 Å². The van der Waals surface area contributed by atoms with E-state index in [1.807, 2.05) is 0 Å². The summed E-state index contributed by atoms with van der Waals surface area (Å²) in [5, 5.41) is 9.35. The van der Waals surface area contributed by atoms with E-state index >= 15 is 0 Å². The molecule has 0 fully saturated rings. The number of ether oxygens (including phenoxy) is 1. The first-order valence-electron chi connectivity index (χ1n) is 6.03. The summed E-state index contributed by atoms with van der Waals surface area (Å²) in [4.78, 5) is -0.0621. The van der Waals surface area contributed by atoms with Crippen LogP contribution in [0.2, 0.25) is 5.02 Å². The van der Waals surface area contributed by atoms with Gasteiger partial charge in [0, 0.05) is 11.6 Å². The Labute approximate surface area is 126 Å². The Morgan fingerprint density at radius 2 is 2.10 bits per heavy atom. The van der Waals surface area contributed by atoms with Crippen molar-refractivity contribution in [3.63, 3.8) is 0 Å². The highest BCUT2D eigenvalue weighted by molar-refractivity contribution is 7.89. The van der Waals surface area contributed by atoms with E-state index in [0.717, 1.165) is 0 Å². The van der Waals surface area contributed by atoms with Crippen LogP contribution in [-0.4, -0.2) is 39.7 Å². The van der Waals surface area contributed by atoms with Gasteiger partial charge in [-0.25, -0.2) is 21.9 Å². The molecule has 1 rings (SSSR count). The fourth-order valence-corrected chi connectivity index (χ4v) is 3.28. The third-order valence-electron chi connectivity index (χ3n) is 2.67. The average molecular weight is 344 g/mol. The van der Waals surface area contributed by atoms with Crippen molar-refractivity contribution in [2.75, 3.05) is 19.8 Å². The summed E-state index contributed by atoms with van der Waals surface area (Å²) in [6.45, 7) is 0.147. The van der Waals surface area contributed by atoms with Gasteiger partial charge in [0.25, 0.3) is 6.43 Å². The van der Waals surface area contributed by atoms with Crippen LogP contribution in [0.15, 0.2) is 17.0 Å². The summed E-state index contributed by atoms with van der Waals surface area (Å²) in [5.41, 5.74) is 0.778. The summed E-state index contributed by atoms with van der Waals surface area (Å²) >= 11 is 5.81. The molecule has 0 bridgehead atoms. The van der Waals surface area contributed by atoms with Crippen LogP contribution in [0.5, 0.6) is 0 Å². The van der Waals surface area contributed by atoms with Crippen molar-refractivity contribution in [1.82, 2.24) is 4.72 Å². The molecule has 120 valence electrons. The number of alkyl halides is 2. The molecule has 0 aromatic heterocycles. The Hall–Kier alpha value is -0.800. The van der Waals surface area contributed by atoms with Gasteiger partial charge in [0.2, 0.25) is 10.0 Å². The standard InChI is InChI=1S/C12H16ClF2NO4S/c1-8-9(6-17)4-10(13)5-11(8)21(18,19)16-2-3-20-7-12(14)15/h4-5,12,16-17H,2-3,6-7H2,1H3. The molecular weight excluding hydrogens is 328 g/mol. The predicted molar refractivity (Wildman–Crippen MR) is 74.1 cm³/mol. The summed E-state index contributed by atoms with van der Waals surface area (Å²) in [7, 11) is -3.86. The van der Waals surface area contributed by atoms with E-state index in [9.17, 15) is 17.2 Å². The highest BCUT2D eigenvalue weighted by Gasteiger charge is 2.19. The van der Waals surface area contributed by atoms with E-state index in [0.29, 0.717) is 11.1 Å². The smallest absolute Gasteiger partial charge is 0.261 e. The maximum absolute atomic E-state index is 12.1. The molecule has 0 spiro atoms. The van der Waals surface area contributed by atoms with Crippen LogP contribution >= 0.6 is 11.6 Å². The number of aliphatic hydroxyl groups is 1. The summed E-state index contributed by atoms with van der Waals surface area (Å²) in [6.07, 6.45) is -2.59. The molecule has 0 saturated heterocycles. The summed E-state index contributed by atoms with van der Waals surface area (Å²) in [6, 6.07) is 2.74. The van der Waals surface area contributed by atoms with Crippen molar-refractivity contribution in [1.29, 1.82) is 0 Å². The van der Waals surface area contributed by atoms with Crippen molar-refractivity contribution in [2.24, 2.45) is 0 Å². The van der Waals surface area contributed by atoms with Crippen molar-refractivity contribution in [3.8, 4) is 0 Å². The third-order valence-corrected chi connectivity index (χ3v) is 4.48. The molecule has 1 aromatic carbocycles. The minimum Gasteiger partial charge on any atom is -0.392 e. The second-order valence-electron chi connectivity index (χ2n) is 4.21. The zero-order valence-corrected chi connectivity index (χ0v) is 12.8. The molecule has 5 nitrogen and oxygen atoms in total. The Morgan fingerprint density at radius 3 is 2.67 bits per heavy atom. The van der Waals surface area contributed by atoms with Gasteiger partial charge in [-0.3, -0.25) is 0 Å². The van der Waals surface area contributed by atoms with Crippen LogP contribution in [0.25, 0.3) is 0 Å². The lowest BCUT2D eigenvalue weighted by molar-refractivity contribution is 0.0199. The second kappa shape index (κ2) is 8.00. The number of nitrogens with one attached hydrogen (secondary N) is 1. The van der Waals surface area contributed by atoms with Crippen molar-refractivity contribution < 1.29 is 27.0 Å². The third kappa shape index (κ3) is 5.48. The number of hydrogen-bond donors (Lipinski definition) is 2. The SMILES string of the molecule is Cc1c(CO)cc(Cl)cc1S(=O)(=O)NCCOCC(F)F. The zero-order valence-electron chi connectivity index (χ0n) is 11.3. The second-order valence-corrected chi connectivity index (χ2v) is 6.38. The van der Waals surface area contributed by atoms with Crippen LogP contribution in [0, 0.1) is 6.92 Å². The lowest BCUT2D eigenvalue weighted by Crippen LogP contribution is -2.28. The lowest BCUT2D eigenvalue weighted by Gasteiger charge is -2.12. The first-order chi connectivity index (χ1) is 9.77. The molecule has 0 atom stereocenters. The zero-order chi connectivity index (χ0) is 16.0. The molecule has 21 heavy (non-hydrogen) atoms. The van der Waals surface area contributed by atoms with Gasteiger partial charge in [0.15, 0.2) is 0 Å². The Bertz CT molecular complexity index is 581. The first-order valence-corrected chi connectivity index (χ1v) is 7.89. The van der Waals surface area contributed by atoms with Gasteiger partial charge in [0.05, 0.1) is 18.1 Å². The van der Waals surface area contributed by atoms with Crippen LogP contribution in [0.4, 0.5) is 8.78 Å². The van der Waals surface area contributed by atoms with Crippen molar-refractivity contribution in [2.45, 2.75) is 24.9 Å². The van der Waals surface area contributed by atoms with E-state index < -0.39 is 23.1 Å². The van der Waals surface area contributed by atoms with E-state index in [1.54, 1.807) is 6.92 Å². The predicted octanol–water partition coefficient (Wildman–Crippen LogP) is 1.70. The molecule has 2 N–H and O–H groups in total. The lowest BCUT2D eigenvalue weighted by atomic mass is 10.1. The van der Waals surface area contributed by atoms with Gasteiger partial charge in [-0.15, -0.1) is 0 Å². The average Bonchev–Trinajstić information content (AvgIpc) is 2.40. The molecule has 1 aromatic rings. The van der Waals surface area contributed by atoms with Crippen molar-refractivity contribution >= 4 is 21.6 Å². The number of halogens is 3. The summed E-state index contributed by atoms with van der Waals surface area (Å²) < 4.78 is 54.7. The van der Waals surface area contributed by atoms with Gasteiger partial charge in [0.1, 0.15) is 6.61 Å². The molecule has 0 saturated carbocycles. The van der Waals surface area contributed by atoms with E-state index in [2.05, 4.69) is 9.46 Å². The molecule has 0 radical (unpaired) electrons. The Kier molecular flexibility index (Phi) is 6.95. The fourth-order valence-electron chi connectivity index (χ4n) is 1.65. The summed E-state index contributed by atoms with van der Waals surface area (Å²) in [5.74, 6) is 0. The Morgan fingerprint density at radius 1 is 1.43 bits per heavy atom. The molecular formula is C12H16ClF2NO4S. The minimum atomic E-state index is -3.86. The van der Waals surface area contributed by atoms with Gasteiger partial charge in [-0.05, 0) is 30.2 Å². The molecule has 0 aliphatic heterocycles. The number of benzene rings is 1.